The van der Waals surface area contributed by atoms with Crippen LogP contribution in [0.5, 0.6) is 11.5 Å². The van der Waals surface area contributed by atoms with E-state index in [0.717, 1.165) is 19.3 Å². The van der Waals surface area contributed by atoms with E-state index in [9.17, 15) is 15.0 Å². The number of hydrogen-bond acceptors (Lipinski definition) is 4. The summed E-state index contributed by atoms with van der Waals surface area (Å²) in [6.07, 6.45) is 2.71. The molecule has 0 saturated heterocycles. The second kappa shape index (κ2) is 6.75. The Kier molecular flexibility index (Phi) is 5.29. The summed E-state index contributed by atoms with van der Waals surface area (Å²) in [5.41, 5.74) is 5.27. The van der Waals surface area contributed by atoms with Gasteiger partial charge in [-0.15, -0.1) is 0 Å². The highest BCUT2D eigenvalue weighted by Crippen LogP contribution is 2.25. The number of carbonyl (C=O) groups is 1. The summed E-state index contributed by atoms with van der Waals surface area (Å²) in [4.78, 5) is 11.7. The van der Waals surface area contributed by atoms with Crippen LogP contribution in [-0.4, -0.2) is 29.2 Å². The van der Waals surface area contributed by atoms with Gasteiger partial charge in [0.2, 0.25) is 0 Å². The zero-order chi connectivity index (χ0) is 12.7. The summed E-state index contributed by atoms with van der Waals surface area (Å²) in [5, 5.41) is 21.6. The van der Waals surface area contributed by atoms with Crippen molar-refractivity contribution in [1.82, 2.24) is 5.32 Å². The van der Waals surface area contributed by atoms with Crippen LogP contribution in [0.1, 0.15) is 29.6 Å². The first-order chi connectivity index (χ1) is 8.16. The molecule has 0 aliphatic rings. The molecule has 1 rings (SSSR count). The number of nitrogens with one attached hydrogen (secondary N) is 1. The molecule has 5 N–H and O–H groups in total. The summed E-state index contributed by atoms with van der Waals surface area (Å²) in [6, 6.07) is 4.20. The van der Waals surface area contributed by atoms with Gasteiger partial charge in [0.05, 0.1) is 0 Å². The molecule has 17 heavy (non-hydrogen) atoms. The van der Waals surface area contributed by atoms with E-state index < -0.39 is 5.91 Å². The van der Waals surface area contributed by atoms with E-state index in [0.29, 0.717) is 13.1 Å². The van der Waals surface area contributed by atoms with Crippen molar-refractivity contribution in [2.45, 2.75) is 19.3 Å². The number of aromatic hydroxyl groups is 2. The quantitative estimate of drug-likeness (QED) is 0.555. The lowest BCUT2D eigenvalue weighted by Crippen LogP contribution is -2.24. The lowest BCUT2D eigenvalue weighted by atomic mass is 10.1. The largest absolute Gasteiger partial charge is 0.507 e. The van der Waals surface area contributed by atoms with E-state index in [-0.39, 0.29) is 17.1 Å². The minimum atomic E-state index is -0.464. The molecule has 1 aromatic rings. The molecule has 1 aromatic carbocycles. The van der Waals surface area contributed by atoms with Gasteiger partial charge in [-0.1, -0.05) is 12.5 Å². The van der Waals surface area contributed by atoms with Crippen LogP contribution < -0.4 is 11.1 Å². The maximum absolute atomic E-state index is 11.7. The van der Waals surface area contributed by atoms with Crippen molar-refractivity contribution in [2.24, 2.45) is 5.73 Å². The molecule has 0 bridgehead atoms. The number of phenolic OH excluding ortho intramolecular Hbond substituents is 2. The Balaban J connectivity index is 2.47. The number of carbonyl (C=O) groups excluding carboxylic acids is 1. The van der Waals surface area contributed by atoms with Gasteiger partial charge in [-0.25, -0.2) is 0 Å². The van der Waals surface area contributed by atoms with Gasteiger partial charge >= 0.3 is 0 Å². The summed E-state index contributed by atoms with van der Waals surface area (Å²) in [5.74, 6) is -0.901. The minimum absolute atomic E-state index is 0.0775. The van der Waals surface area contributed by atoms with Crippen molar-refractivity contribution in [2.75, 3.05) is 13.1 Å². The molecule has 0 aliphatic carbocycles. The number of benzene rings is 1. The summed E-state index contributed by atoms with van der Waals surface area (Å²) in [7, 11) is 0. The zero-order valence-electron chi connectivity index (χ0n) is 9.65. The van der Waals surface area contributed by atoms with Crippen LogP contribution in [0, 0.1) is 0 Å². The first-order valence-corrected chi connectivity index (χ1v) is 5.66. The average Bonchev–Trinajstić information content (AvgIpc) is 2.28. The van der Waals surface area contributed by atoms with Crippen LogP contribution in [0.15, 0.2) is 18.2 Å². The minimum Gasteiger partial charge on any atom is -0.507 e. The Hall–Kier alpha value is -1.75. The number of nitrogens with two attached hydrogens (primary N) is 1. The zero-order valence-corrected chi connectivity index (χ0v) is 9.65. The van der Waals surface area contributed by atoms with Gasteiger partial charge in [0.25, 0.3) is 5.91 Å². The Labute approximate surface area is 100 Å². The molecule has 0 spiro atoms. The van der Waals surface area contributed by atoms with Crippen molar-refractivity contribution in [3.05, 3.63) is 23.8 Å². The Morgan fingerprint density at radius 2 is 1.82 bits per heavy atom. The Morgan fingerprint density at radius 1 is 1.18 bits per heavy atom. The molecule has 0 heterocycles. The molecule has 0 aliphatic heterocycles. The van der Waals surface area contributed by atoms with E-state index >= 15 is 0 Å². The van der Waals surface area contributed by atoms with Gasteiger partial charge < -0.3 is 21.3 Å². The fourth-order valence-electron chi connectivity index (χ4n) is 1.50. The predicted molar refractivity (Wildman–Crippen MR) is 65.0 cm³/mol. The molecular formula is C12H18N2O3. The third-order valence-electron chi connectivity index (χ3n) is 2.41. The van der Waals surface area contributed by atoms with Gasteiger partial charge in [-0.3, -0.25) is 4.79 Å². The van der Waals surface area contributed by atoms with Crippen LogP contribution in [-0.2, 0) is 0 Å². The van der Waals surface area contributed by atoms with Crippen molar-refractivity contribution in [3.63, 3.8) is 0 Å². The molecular weight excluding hydrogens is 220 g/mol. The first kappa shape index (κ1) is 13.3. The van der Waals surface area contributed by atoms with Crippen molar-refractivity contribution < 1.29 is 15.0 Å². The van der Waals surface area contributed by atoms with Crippen LogP contribution in [0.2, 0.25) is 0 Å². The van der Waals surface area contributed by atoms with Crippen molar-refractivity contribution >= 4 is 5.91 Å². The highest BCUT2D eigenvalue weighted by Gasteiger charge is 2.14. The van der Waals surface area contributed by atoms with Gasteiger partial charge in [-0.05, 0) is 31.5 Å². The van der Waals surface area contributed by atoms with E-state index in [1.165, 1.54) is 18.2 Å². The Bertz CT molecular complexity index is 360. The SMILES string of the molecule is NCCCCCNC(=O)c1c(O)cccc1O. The maximum atomic E-state index is 11.7. The summed E-state index contributed by atoms with van der Waals surface area (Å²) in [6.45, 7) is 1.15. The standard InChI is InChI=1S/C12H18N2O3/c13-7-2-1-3-8-14-12(17)11-9(15)5-4-6-10(11)16/h4-6,15-16H,1-3,7-8,13H2,(H,14,17). The number of hydrogen-bond donors (Lipinski definition) is 4. The normalized spacial score (nSPS) is 10.2. The van der Waals surface area contributed by atoms with Gasteiger partial charge in [0.1, 0.15) is 17.1 Å². The monoisotopic (exact) mass is 238 g/mol. The lowest BCUT2D eigenvalue weighted by molar-refractivity contribution is 0.0947. The predicted octanol–water partition coefficient (Wildman–Crippen LogP) is 0.957. The second-order valence-electron chi connectivity index (χ2n) is 3.78. The molecule has 0 atom stereocenters. The van der Waals surface area contributed by atoms with Crippen LogP contribution in [0.3, 0.4) is 0 Å². The average molecular weight is 238 g/mol. The highest BCUT2D eigenvalue weighted by atomic mass is 16.3. The van der Waals surface area contributed by atoms with E-state index in [2.05, 4.69) is 5.32 Å². The third kappa shape index (κ3) is 3.96. The van der Waals surface area contributed by atoms with Gasteiger partial charge in [0, 0.05) is 6.54 Å². The number of rotatable bonds is 6. The van der Waals surface area contributed by atoms with Gasteiger partial charge in [0.15, 0.2) is 0 Å². The molecule has 0 fully saturated rings. The van der Waals surface area contributed by atoms with Crippen LogP contribution >= 0.6 is 0 Å². The molecule has 94 valence electrons. The fraction of sp³-hybridized carbons (Fsp3) is 0.417. The molecule has 0 unspecified atom stereocenters. The molecule has 1 amide bonds. The highest BCUT2D eigenvalue weighted by molar-refractivity contribution is 5.99. The molecule has 0 aromatic heterocycles. The van der Waals surface area contributed by atoms with Crippen molar-refractivity contribution in [1.29, 1.82) is 0 Å². The lowest BCUT2D eigenvalue weighted by Gasteiger charge is -2.08. The number of unbranched alkanes of at least 4 members (excludes halogenated alkanes) is 2. The van der Waals surface area contributed by atoms with Crippen molar-refractivity contribution in [3.8, 4) is 11.5 Å². The summed E-state index contributed by atoms with van der Waals surface area (Å²) >= 11 is 0. The topological polar surface area (TPSA) is 95.6 Å². The Morgan fingerprint density at radius 3 is 2.41 bits per heavy atom. The maximum Gasteiger partial charge on any atom is 0.258 e. The molecule has 0 radical (unpaired) electrons. The smallest absolute Gasteiger partial charge is 0.258 e. The van der Waals surface area contributed by atoms with E-state index in [4.69, 9.17) is 5.73 Å². The number of phenols is 2. The first-order valence-electron chi connectivity index (χ1n) is 5.66. The molecule has 5 heteroatoms. The second-order valence-corrected chi connectivity index (χ2v) is 3.78. The third-order valence-corrected chi connectivity index (χ3v) is 2.41. The fourth-order valence-corrected chi connectivity index (χ4v) is 1.50. The van der Waals surface area contributed by atoms with Crippen LogP contribution in [0.25, 0.3) is 0 Å². The summed E-state index contributed by atoms with van der Waals surface area (Å²) < 4.78 is 0. The van der Waals surface area contributed by atoms with Crippen LogP contribution in [0.4, 0.5) is 0 Å². The van der Waals surface area contributed by atoms with E-state index in [1.807, 2.05) is 0 Å². The molecule has 0 saturated carbocycles. The number of amides is 1. The van der Waals surface area contributed by atoms with E-state index in [1.54, 1.807) is 0 Å². The molecule has 5 nitrogen and oxygen atoms in total. The van der Waals surface area contributed by atoms with Gasteiger partial charge in [-0.2, -0.15) is 0 Å².